The Morgan fingerprint density at radius 2 is 2.20 bits per heavy atom. The van der Waals surface area contributed by atoms with Crippen LogP contribution in [-0.2, 0) is 4.79 Å². The zero-order valence-electron chi connectivity index (χ0n) is 11.4. The van der Waals surface area contributed by atoms with Crippen molar-refractivity contribution in [2.75, 3.05) is 10.6 Å². The summed E-state index contributed by atoms with van der Waals surface area (Å²) in [5, 5.41) is 6.67. The number of carbonyl (C=O) groups is 1. The van der Waals surface area contributed by atoms with Crippen LogP contribution in [0.25, 0.3) is 0 Å². The van der Waals surface area contributed by atoms with Crippen LogP contribution in [0.2, 0.25) is 5.02 Å². The predicted molar refractivity (Wildman–Crippen MR) is 81.1 cm³/mol. The van der Waals surface area contributed by atoms with E-state index in [0.29, 0.717) is 11.4 Å². The van der Waals surface area contributed by atoms with Gasteiger partial charge in [0.25, 0.3) is 0 Å². The van der Waals surface area contributed by atoms with Crippen molar-refractivity contribution < 1.29 is 9.21 Å². The standard InChI is InChI=1S/C15H17ClN2O2/c1-3-15(19)18-11-6-7-12(16)13(9-11)17-10(2)14-5-4-8-20-14/h4-10,17H,3H2,1-2H3,(H,18,19). The van der Waals surface area contributed by atoms with Crippen LogP contribution in [0.5, 0.6) is 0 Å². The Labute approximate surface area is 123 Å². The summed E-state index contributed by atoms with van der Waals surface area (Å²) in [5.41, 5.74) is 1.47. The summed E-state index contributed by atoms with van der Waals surface area (Å²) in [6.07, 6.45) is 2.07. The molecule has 1 heterocycles. The van der Waals surface area contributed by atoms with E-state index >= 15 is 0 Å². The van der Waals surface area contributed by atoms with E-state index in [2.05, 4.69) is 10.6 Å². The fourth-order valence-electron chi connectivity index (χ4n) is 1.81. The van der Waals surface area contributed by atoms with Crippen molar-refractivity contribution in [3.8, 4) is 0 Å². The van der Waals surface area contributed by atoms with E-state index < -0.39 is 0 Å². The Morgan fingerprint density at radius 1 is 1.40 bits per heavy atom. The fraction of sp³-hybridized carbons (Fsp3) is 0.267. The number of amides is 1. The lowest BCUT2D eigenvalue weighted by atomic mass is 10.2. The van der Waals surface area contributed by atoms with Crippen LogP contribution in [0.15, 0.2) is 41.0 Å². The second kappa shape index (κ2) is 6.48. The minimum atomic E-state index is -0.0302. The Balaban J connectivity index is 2.14. The number of hydrogen-bond donors (Lipinski definition) is 2. The lowest BCUT2D eigenvalue weighted by Gasteiger charge is -2.15. The van der Waals surface area contributed by atoms with Crippen molar-refractivity contribution in [1.82, 2.24) is 0 Å². The molecule has 0 bridgehead atoms. The normalized spacial score (nSPS) is 11.9. The molecule has 5 heteroatoms. The van der Waals surface area contributed by atoms with Gasteiger partial charge in [-0.25, -0.2) is 0 Å². The van der Waals surface area contributed by atoms with Gasteiger partial charge >= 0.3 is 0 Å². The van der Waals surface area contributed by atoms with Crippen molar-refractivity contribution in [2.24, 2.45) is 0 Å². The third-order valence-corrected chi connectivity index (χ3v) is 3.24. The van der Waals surface area contributed by atoms with Crippen molar-refractivity contribution in [3.63, 3.8) is 0 Å². The molecule has 1 unspecified atom stereocenters. The first kappa shape index (κ1) is 14.5. The average molecular weight is 293 g/mol. The first-order valence-electron chi connectivity index (χ1n) is 6.49. The number of nitrogens with one attached hydrogen (secondary N) is 2. The number of halogens is 1. The van der Waals surface area contributed by atoms with E-state index in [-0.39, 0.29) is 11.9 Å². The van der Waals surface area contributed by atoms with Crippen molar-refractivity contribution in [2.45, 2.75) is 26.3 Å². The lowest BCUT2D eigenvalue weighted by Crippen LogP contribution is -2.10. The molecule has 0 aliphatic rings. The van der Waals surface area contributed by atoms with Crippen LogP contribution >= 0.6 is 11.6 Å². The molecule has 0 saturated heterocycles. The summed E-state index contributed by atoms with van der Waals surface area (Å²) in [4.78, 5) is 11.4. The molecule has 4 nitrogen and oxygen atoms in total. The van der Waals surface area contributed by atoms with Gasteiger partial charge in [0.1, 0.15) is 5.76 Å². The second-order valence-corrected chi connectivity index (χ2v) is 4.89. The van der Waals surface area contributed by atoms with Gasteiger partial charge in [-0.15, -0.1) is 0 Å². The van der Waals surface area contributed by atoms with Crippen LogP contribution in [-0.4, -0.2) is 5.91 Å². The third-order valence-electron chi connectivity index (χ3n) is 2.91. The molecule has 20 heavy (non-hydrogen) atoms. The van der Waals surface area contributed by atoms with Gasteiger partial charge in [-0.1, -0.05) is 18.5 Å². The maximum atomic E-state index is 11.4. The van der Waals surface area contributed by atoms with Gasteiger partial charge in [0, 0.05) is 12.1 Å². The average Bonchev–Trinajstić information content (AvgIpc) is 2.96. The third kappa shape index (κ3) is 3.54. The maximum Gasteiger partial charge on any atom is 0.224 e. The van der Waals surface area contributed by atoms with Crippen LogP contribution in [0.3, 0.4) is 0 Å². The summed E-state index contributed by atoms with van der Waals surface area (Å²) in [6, 6.07) is 9.07. The van der Waals surface area contributed by atoms with E-state index in [4.69, 9.17) is 16.0 Å². The molecule has 106 valence electrons. The molecule has 1 aromatic carbocycles. The molecule has 1 amide bonds. The van der Waals surface area contributed by atoms with Gasteiger partial charge in [0.05, 0.1) is 23.0 Å². The highest BCUT2D eigenvalue weighted by Crippen LogP contribution is 2.29. The Bertz CT molecular complexity index is 582. The van der Waals surface area contributed by atoms with E-state index in [9.17, 15) is 4.79 Å². The van der Waals surface area contributed by atoms with Crippen molar-refractivity contribution >= 4 is 28.9 Å². The first-order valence-corrected chi connectivity index (χ1v) is 6.87. The number of carbonyl (C=O) groups excluding carboxylic acids is 1. The molecule has 2 N–H and O–H groups in total. The smallest absolute Gasteiger partial charge is 0.224 e. The summed E-state index contributed by atoms with van der Waals surface area (Å²) >= 11 is 6.17. The molecular formula is C15H17ClN2O2. The van der Waals surface area contributed by atoms with E-state index in [1.165, 1.54) is 0 Å². The zero-order valence-corrected chi connectivity index (χ0v) is 12.2. The summed E-state index contributed by atoms with van der Waals surface area (Å²) in [7, 11) is 0. The van der Waals surface area contributed by atoms with Crippen LogP contribution in [0.4, 0.5) is 11.4 Å². The number of furan rings is 1. The second-order valence-electron chi connectivity index (χ2n) is 4.48. The number of hydrogen-bond acceptors (Lipinski definition) is 3. The largest absolute Gasteiger partial charge is 0.467 e. The SMILES string of the molecule is CCC(=O)Nc1ccc(Cl)c(NC(C)c2ccco2)c1. The highest BCUT2D eigenvalue weighted by atomic mass is 35.5. The Morgan fingerprint density at radius 3 is 2.85 bits per heavy atom. The van der Waals surface area contributed by atoms with Crippen LogP contribution in [0.1, 0.15) is 32.1 Å². The minimum absolute atomic E-state index is 0.0142. The molecule has 2 aromatic rings. The number of benzene rings is 1. The van der Waals surface area contributed by atoms with E-state index in [1.807, 2.05) is 32.0 Å². The molecule has 0 saturated carbocycles. The molecule has 0 aliphatic carbocycles. The van der Waals surface area contributed by atoms with E-state index in [1.54, 1.807) is 18.4 Å². The monoisotopic (exact) mass is 292 g/mol. The summed E-state index contributed by atoms with van der Waals surface area (Å²) < 4.78 is 5.34. The Hall–Kier alpha value is -1.94. The maximum absolute atomic E-state index is 11.4. The van der Waals surface area contributed by atoms with Crippen molar-refractivity contribution in [1.29, 1.82) is 0 Å². The van der Waals surface area contributed by atoms with Gasteiger partial charge in [-0.05, 0) is 37.3 Å². The van der Waals surface area contributed by atoms with Gasteiger partial charge in [0.15, 0.2) is 0 Å². The molecule has 0 fully saturated rings. The van der Waals surface area contributed by atoms with Crippen molar-refractivity contribution in [3.05, 3.63) is 47.4 Å². The van der Waals surface area contributed by atoms with E-state index in [0.717, 1.165) is 17.1 Å². The fourth-order valence-corrected chi connectivity index (χ4v) is 1.98. The molecule has 1 aromatic heterocycles. The topological polar surface area (TPSA) is 54.3 Å². The quantitative estimate of drug-likeness (QED) is 0.856. The summed E-state index contributed by atoms with van der Waals surface area (Å²) in [5.74, 6) is 0.793. The van der Waals surface area contributed by atoms with Crippen LogP contribution < -0.4 is 10.6 Å². The van der Waals surface area contributed by atoms with Gasteiger partial charge < -0.3 is 15.1 Å². The molecule has 0 radical (unpaired) electrons. The number of rotatable bonds is 5. The molecular weight excluding hydrogens is 276 g/mol. The summed E-state index contributed by atoms with van der Waals surface area (Å²) in [6.45, 7) is 3.79. The molecule has 0 aliphatic heterocycles. The van der Waals surface area contributed by atoms with Gasteiger partial charge in [-0.2, -0.15) is 0 Å². The Kier molecular flexibility index (Phi) is 4.69. The number of anilines is 2. The molecule has 1 atom stereocenters. The zero-order chi connectivity index (χ0) is 14.5. The lowest BCUT2D eigenvalue weighted by molar-refractivity contribution is -0.115. The van der Waals surface area contributed by atoms with Gasteiger partial charge in [0.2, 0.25) is 5.91 Å². The predicted octanol–water partition coefficient (Wildman–Crippen LogP) is 4.45. The molecule has 0 spiro atoms. The minimum Gasteiger partial charge on any atom is -0.467 e. The van der Waals surface area contributed by atoms with Crippen LogP contribution in [0, 0.1) is 0 Å². The highest BCUT2D eigenvalue weighted by Gasteiger charge is 2.11. The molecule has 2 rings (SSSR count). The van der Waals surface area contributed by atoms with Gasteiger partial charge in [-0.3, -0.25) is 4.79 Å². The first-order chi connectivity index (χ1) is 9.60. The highest BCUT2D eigenvalue weighted by molar-refractivity contribution is 6.33.